The first kappa shape index (κ1) is 10.7. The Morgan fingerprint density at radius 2 is 2.18 bits per heavy atom. The third-order valence-electron chi connectivity index (χ3n) is 1.49. The monoisotopic (exact) mass is 180 g/mol. The number of halogens is 1. The number of alkyl halides is 1. The summed E-state index contributed by atoms with van der Waals surface area (Å²) < 4.78 is 0. The third-order valence-corrected chi connectivity index (χ3v) is 1.97. The number of nitrogens with two attached hydrogens (primary N) is 2. The minimum Gasteiger partial charge on any atom is -0.480 e. The molecule has 0 aromatic rings. The lowest BCUT2D eigenvalue weighted by atomic mass is 9.97. The van der Waals surface area contributed by atoms with Crippen molar-refractivity contribution in [1.82, 2.24) is 0 Å². The second-order valence-electron chi connectivity index (χ2n) is 2.49. The van der Waals surface area contributed by atoms with Crippen molar-refractivity contribution in [3.63, 3.8) is 0 Å². The first-order chi connectivity index (χ1) is 5.06. The zero-order chi connectivity index (χ0) is 8.91. The highest BCUT2D eigenvalue weighted by Crippen LogP contribution is 2.11. The van der Waals surface area contributed by atoms with E-state index in [9.17, 15) is 4.79 Å². The Bertz CT molecular complexity index is 143. The van der Waals surface area contributed by atoms with Crippen molar-refractivity contribution in [2.24, 2.45) is 11.5 Å². The van der Waals surface area contributed by atoms with Crippen LogP contribution < -0.4 is 11.5 Å². The molecule has 0 amide bonds. The molecule has 0 saturated carbocycles. The maximum Gasteiger partial charge on any atom is 0.324 e. The number of rotatable bonds is 5. The highest BCUT2D eigenvalue weighted by Gasteiger charge is 2.31. The van der Waals surface area contributed by atoms with Crippen LogP contribution >= 0.6 is 11.6 Å². The molecule has 0 bridgehead atoms. The molecule has 0 aromatic carbocycles. The van der Waals surface area contributed by atoms with Gasteiger partial charge in [-0.15, -0.1) is 11.6 Å². The van der Waals surface area contributed by atoms with Gasteiger partial charge in [-0.3, -0.25) is 4.79 Å². The fourth-order valence-electron chi connectivity index (χ4n) is 0.648. The second-order valence-corrected chi connectivity index (χ2v) is 2.75. The normalized spacial score (nSPS) is 15.9. The van der Waals surface area contributed by atoms with E-state index in [0.717, 1.165) is 0 Å². The Hall–Kier alpha value is -0.320. The zero-order valence-corrected chi connectivity index (χ0v) is 6.97. The van der Waals surface area contributed by atoms with Gasteiger partial charge in [-0.25, -0.2) is 0 Å². The van der Waals surface area contributed by atoms with Gasteiger partial charge in [-0.1, -0.05) is 0 Å². The van der Waals surface area contributed by atoms with Crippen LogP contribution in [0.15, 0.2) is 0 Å². The van der Waals surface area contributed by atoms with Crippen molar-refractivity contribution in [3.05, 3.63) is 0 Å². The number of hydrogen-bond acceptors (Lipinski definition) is 3. The Morgan fingerprint density at radius 1 is 1.64 bits per heavy atom. The standard InChI is InChI=1S/C6H13ClN2O2/c7-4-6(9,5(10)11)2-1-3-8/h1-4,8-9H2,(H,10,11)/t6-/m1/s1. The lowest BCUT2D eigenvalue weighted by molar-refractivity contribution is -0.142. The Morgan fingerprint density at radius 3 is 2.45 bits per heavy atom. The van der Waals surface area contributed by atoms with E-state index >= 15 is 0 Å². The fourth-order valence-corrected chi connectivity index (χ4v) is 0.896. The molecule has 0 aliphatic rings. The summed E-state index contributed by atoms with van der Waals surface area (Å²) in [6.45, 7) is 0.434. The van der Waals surface area contributed by atoms with Crippen LogP contribution in [0.4, 0.5) is 0 Å². The maximum atomic E-state index is 10.5. The van der Waals surface area contributed by atoms with Crippen molar-refractivity contribution in [2.45, 2.75) is 18.4 Å². The Kier molecular flexibility index (Phi) is 4.40. The maximum absolute atomic E-state index is 10.5. The molecule has 4 nitrogen and oxygen atoms in total. The van der Waals surface area contributed by atoms with Gasteiger partial charge in [-0.2, -0.15) is 0 Å². The summed E-state index contributed by atoms with van der Waals surface area (Å²) >= 11 is 5.39. The summed E-state index contributed by atoms with van der Waals surface area (Å²) in [6, 6.07) is 0. The molecule has 5 heteroatoms. The van der Waals surface area contributed by atoms with Gasteiger partial charge in [-0.05, 0) is 19.4 Å². The van der Waals surface area contributed by atoms with Crippen LogP contribution in [-0.4, -0.2) is 29.0 Å². The molecular weight excluding hydrogens is 168 g/mol. The van der Waals surface area contributed by atoms with Gasteiger partial charge in [0, 0.05) is 0 Å². The van der Waals surface area contributed by atoms with Gasteiger partial charge in [0.25, 0.3) is 0 Å². The first-order valence-corrected chi connectivity index (χ1v) is 3.88. The van der Waals surface area contributed by atoms with E-state index in [1.165, 1.54) is 0 Å². The molecule has 0 spiro atoms. The third kappa shape index (κ3) is 3.05. The average molecular weight is 181 g/mol. The lowest BCUT2D eigenvalue weighted by Crippen LogP contribution is -2.50. The summed E-state index contributed by atoms with van der Waals surface area (Å²) in [5.41, 5.74) is 9.33. The number of carbonyl (C=O) groups is 1. The van der Waals surface area contributed by atoms with Gasteiger partial charge in [0.1, 0.15) is 5.54 Å². The predicted molar refractivity (Wildman–Crippen MR) is 43.6 cm³/mol. The molecule has 66 valence electrons. The van der Waals surface area contributed by atoms with Gasteiger partial charge >= 0.3 is 5.97 Å². The SMILES string of the molecule is NCCC[C@@](N)(CCl)C(=O)O. The highest BCUT2D eigenvalue weighted by atomic mass is 35.5. The molecule has 0 heterocycles. The van der Waals surface area contributed by atoms with Gasteiger partial charge in [0.05, 0.1) is 5.88 Å². The van der Waals surface area contributed by atoms with Crippen LogP contribution in [0.5, 0.6) is 0 Å². The van der Waals surface area contributed by atoms with Gasteiger partial charge in [0.2, 0.25) is 0 Å². The van der Waals surface area contributed by atoms with Gasteiger partial charge in [0.15, 0.2) is 0 Å². The Labute approximate surface area is 70.5 Å². The molecule has 1 atom stereocenters. The molecule has 0 radical (unpaired) electrons. The summed E-state index contributed by atoms with van der Waals surface area (Å²) in [6.07, 6.45) is 0.901. The van der Waals surface area contributed by atoms with E-state index in [1.54, 1.807) is 0 Å². The summed E-state index contributed by atoms with van der Waals surface area (Å²) in [4.78, 5) is 10.5. The van der Waals surface area contributed by atoms with E-state index in [2.05, 4.69) is 0 Å². The molecular formula is C6H13ClN2O2. The summed E-state index contributed by atoms with van der Waals surface area (Å²) in [7, 11) is 0. The molecule has 0 saturated heterocycles. The molecule has 0 aliphatic carbocycles. The molecule has 11 heavy (non-hydrogen) atoms. The molecule has 0 rings (SSSR count). The quantitative estimate of drug-likeness (QED) is 0.509. The number of hydrogen-bond donors (Lipinski definition) is 3. The minimum absolute atomic E-state index is 0.0810. The van der Waals surface area contributed by atoms with Gasteiger partial charge < -0.3 is 16.6 Å². The second kappa shape index (κ2) is 4.54. The molecule has 0 aliphatic heterocycles. The van der Waals surface area contributed by atoms with Crippen molar-refractivity contribution in [2.75, 3.05) is 12.4 Å². The Balaban J connectivity index is 3.99. The fraction of sp³-hybridized carbons (Fsp3) is 0.833. The van der Waals surface area contributed by atoms with E-state index < -0.39 is 11.5 Å². The average Bonchev–Trinajstić information content (AvgIpc) is 2.00. The van der Waals surface area contributed by atoms with Crippen LogP contribution in [0, 0.1) is 0 Å². The van der Waals surface area contributed by atoms with E-state index in [1.807, 2.05) is 0 Å². The highest BCUT2D eigenvalue weighted by molar-refractivity contribution is 6.20. The number of carboxylic acid groups (broad SMARTS) is 1. The van der Waals surface area contributed by atoms with E-state index in [-0.39, 0.29) is 5.88 Å². The zero-order valence-electron chi connectivity index (χ0n) is 6.22. The van der Waals surface area contributed by atoms with Crippen LogP contribution in [0.3, 0.4) is 0 Å². The van der Waals surface area contributed by atoms with Crippen LogP contribution in [0.1, 0.15) is 12.8 Å². The molecule has 0 fully saturated rings. The molecule has 0 aromatic heterocycles. The smallest absolute Gasteiger partial charge is 0.324 e. The van der Waals surface area contributed by atoms with Crippen LogP contribution in [-0.2, 0) is 4.79 Å². The largest absolute Gasteiger partial charge is 0.480 e. The minimum atomic E-state index is -1.30. The van der Waals surface area contributed by atoms with Crippen LogP contribution in [0.25, 0.3) is 0 Å². The van der Waals surface area contributed by atoms with Crippen LogP contribution in [0.2, 0.25) is 0 Å². The van der Waals surface area contributed by atoms with Crippen molar-refractivity contribution < 1.29 is 9.90 Å². The molecule has 5 N–H and O–H groups in total. The first-order valence-electron chi connectivity index (χ1n) is 3.35. The number of aliphatic carboxylic acids is 1. The summed E-state index contributed by atoms with van der Waals surface area (Å²) in [5, 5.41) is 8.61. The lowest BCUT2D eigenvalue weighted by Gasteiger charge is -2.20. The topological polar surface area (TPSA) is 89.3 Å². The number of carboxylic acids is 1. The van der Waals surface area contributed by atoms with E-state index in [4.69, 9.17) is 28.2 Å². The molecule has 0 unspecified atom stereocenters. The van der Waals surface area contributed by atoms with Crippen molar-refractivity contribution in [1.29, 1.82) is 0 Å². The predicted octanol–water partition coefficient (Wildman–Crippen LogP) is -0.254. The summed E-state index contributed by atoms with van der Waals surface area (Å²) in [5.74, 6) is -1.15. The van der Waals surface area contributed by atoms with Crippen molar-refractivity contribution in [3.8, 4) is 0 Å². The van der Waals surface area contributed by atoms with Crippen molar-refractivity contribution >= 4 is 17.6 Å². The van der Waals surface area contributed by atoms with E-state index in [0.29, 0.717) is 19.4 Å².